The van der Waals surface area contributed by atoms with E-state index in [0.29, 0.717) is 17.9 Å². The molecular weight excluding hydrogens is 402 g/mol. The van der Waals surface area contributed by atoms with Crippen LogP contribution >= 0.6 is 12.4 Å². The lowest BCUT2D eigenvalue weighted by molar-refractivity contribution is 0.0931. The zero-order valence-corrected chi connectivity index (χ0v) is 17.1. The van der Waals surface area contributed by atoms with Gasteiger partial charge in [-0.2, -0.15) is 0 Å². The molecule has 0 radical (unpaired) electrons. The monoisotopic (exact) mass is 425 g/mol. The van der Waals surface area contributed by atoms with Crippen molar-refractivity contribution in [2.75, 3.05) is 24.9 Å². The number of sulfonamides is 1. The average molecular weight is 426 g/mol. The SMILES string of the molecule is COc1ccc(S(=O)(=O)Nc2ccccc2C(=O)NC2CCCNC2)cc1.Cl. The van der Waals surface area contributed by atoms with Crippen LogP contribution in [-0.4, -0.2) is 40.6 Å². The summed E-state index contributed by atoms with van der Waals surface area (Å²) >= 11 is 0. The van der Waals surface area contributed by atoms with Crippen LogP contribution < -0.4 is 20.1 Å². The fourth-order valence-electron chi connectivity index (χ4n) is 2.97. The summed E-state index contributed by atoms with van der Waals surface area (Å²) in [5.74, 6) is 0.270. The summed E-state index contributed by atoms with van der Waals surface area (Å²) in [4.78, 5) is 12.7. The molecule has 152 valence electrons. The molecular formula is C19H24ClN3O4S. The number of carbonyl (C=O) groups is 1. The zero-order valence-electron chi connectivity index (χ0n) is 15.5. The summed E-state index contributed by atoms with van der Waals surface area (Å²) in [5, 5.41) is 6.20. The lowest BCUT2D eigenvalue weighted by atomic mass is 10.1. The molecule has 1 unspecified atom stereocenters. The Labute approximate surface area is 171 Å². The molecule has 1 aliphatic heterocycles. The highest BCUT2D eigenvalue weighted by Crippen LogP contribution is 2.22. The van der Waals surface area contributed by atoms with E-state index >= 15 is 0 Å². The third kappa shape index (κ3) is 5.37. The van der Waals surface area contributed by atoms with Crippen molar-refractivity contribution in [2.45, 2.75) is 23.8 Å². The Bertz CT molecular complexity index is 898. The molecule has 7 nitrogen and oxygen atoms in total. The fraction of sp³-hybridized carbons (Fsp3) is 0.316. The fourth-order valence-corrected chi connectivity index (χ4v) is 4.05. The highest BCUT2D eigenvalue weighted by atomic mass is 35.5. The Balaban J connectivity index is 0.00000280. The highest BCUT2D eigenvalue weighted by molar-refractivity contribution is 7.92. The van der Waals surface area contributed by atoms with Gasteiger partial charge in [0.05, 0.1) is 23.3 Å². The summed E-state index contributed by atoms with van der Waals surface area (Å²) in [6.45, 7) is 1.66. The third-order valence-corrected chi connectivity index (χ3v) is 5.80. The number of halogens is 1. The number of methoxy groups -OCH3 is 1. The highest BCUT2D eigenvalue weighted by Gasteiger charge is 2.21. The second kappa shape index (κ2) is 9.77. The quantitative estimate of drug-likeness (QED) is 0.660. The van der Waals surface area contributed by atoms with Gasteiger partial charge in [0.2, 0.25) is 0 Å². The number of nitrogens with one attached hydrogen (secondary N) is 3. The van der Waals surface area contributed by atoms with Crippen molar-refractivity contribution in [3.63, 3.8) is 0 Å². The smallest absolute Gasteiger partial charge is 0.261 e. The minimum absolute atomic E-state index is 0. The van der Waals surface area contributed by atoms with Crippen LogP contribution in [0.2, 0.25) is 0 Å². The molecule has 1 aliphatic rings. The molecule has 1 atom stereocenters. The van der Waals surface area contributed by atoms with Crippen LogP contribution in [0, 0.1) is 0 Å². The van der Waals surface area contributed by atoms with Gasteiger partial charge in [0.1, 0.15) is 5.75 Å². The van der Waals surface area contributed by atoms with E-state index in [1.165, 1.54) is 19.2 Å². The van der Waals surface area contributed by atoms with Crippen molar-refractivity contribution in [3.8, 4) is 5.75 Å². The summed E-state index contributed by atoms with van der Waals surface area (Å²) in [7, 11) is -2.31. The first-order valence-electron chi connectivity index (χ1n) is 8.77. The molecule has 1 saturated heterocycles. The van der Waals surface area contributed by atoms with E-state index in [-0.39, 0.29) is 34.9 Å². The molecule has 1 heterocycles. The number of hydrogen-bond acceptors (Lipinski definition) is 5. The Morgan fingerprint density at radius 3 is 2.50 bits per heavy atom. The van der Waals surface area contributed by atoms with Crippen LogP contribution in [0.5, 0.6) is 5.75 Å². The summed E-state index contributed by atoms with van der Waals surface area (Å²) in [6, 6.07) is 12.7. The maximum absolute atomic E-state index is 12.7. The summed E-state index contributed by atoms with van der Waals surface area (Å²) < 4.78 is 32.9. The largest absolute Gasteiger partial charge is 0.497 e. The van der Waals surface area contributed by atoms with Crippen LogP contribution in [0.3, 0.4) is 0 Å². The van der Waals surface area contributed by atoms with Gasteiger partial charge in [0.15, 0.2) is 0 Å². The number of benzene rings is 2. The van der Waals surface area contributed by atoms with E-state index in [4.69, 9.17) is 4.74 Å². The van der Waals surface area contributed by atoms with Crippen molar-refractivity contribution in [1.82, 2.24) is 10.6 Å². The Morgan fingerprint density at radius 1 is 1.14 bits per heavy atom. The second-order valence-corrected chi connectivity index (χ2v) is 8.03. The number of carbonyl (C=O) groups excluding carboxylic acids is 1. The van der Waals surface area contributed by atoms with E-state index in [1.807, 2.05) is 0 Å². The van der Waals surface area contributed by atoms with Gasteiger partial charge in [-0.1, -0.05) is 12.1 Å². The molecule has 1 amide bonds. The van der Waals surface area contributed by atoms with E-state index < -0.39 is 10.0 Å². The first-order valence-corrected chi connectivity index (χ1v) is 10.3. The molecule has 0 aromatic heterocycles. The van der Waals surface area contributed by atoms with Crippen molar-refractivity contribution >= 4 is 34.0 Å². The van der Waals surface area contributed by atoms with Crippen molar-refractivity contribution < 1.29 is 17.9 Å². The predicted octanol–water partition coefficient (Wildman–Crippen LogP) is 2.40. The predicted molar refractivity (Wildman–Crippen MR) is 111 cm³/mol. The van der Waals surface area contributed by atoms with Gasteiger partial charge in [0, 0.05) is 12.6 Å². The number of rotatable bonds is 6. The first kappa shape index (κ1) is 22.0. The van der Waals surface area contributed by atoms with Gasteiger partial charge < -0.3 is 15.4 Å². The third-order valence-electron chi connectivity index (χ3n) is 4.42. The molecule has 3 rings (SSSR count). The summed E-state index contributed by atoms with van der Waals surface area (Å²) in [5.41, 5.74) is 0.537. The van der Waals surface area contributed by atoms with E-state index in [2.05, 4.69) is 15.4 Å². The van der Waals surface area contributed by atoms with E-state index in [0.717, 1.165) is 19.4 Å². The van der Waals surface area contributed by atoms with Crippen LogP contribution in [0.25, 0.3) is 0 Å². The topological polar surface area (TPSA) is 96.5 Å². The van der Waals surface area contributed by atoms with E-state index in [9.17, 15) is 13.2 Å². The molecule has 0 saturated carbocycles. The van der Waals surface area contributed by atoms with Gasteiger partial charge >= 0.3 is 0 Å². The normalized spacial score (nSPS) is 16.5. The van der Waals surface area contributed by atoms with Crippen molar-refractivity contribution in [2.24, 2.45) is 0 Å². The van der Waals surface area contributed by atoms with Crippen molar-refractivity contribution in [3.05, 3.63) is 54.1 Å². The average Bonchev–Trinajstić information content (AvgIpc) is 2.69. The Hall–Kier alpha value is -2.29. The zero-order chi connectivity index (χ0) is 19.3. The lowest BCUT2D eigenvalue weighted by Crippen LogP contribution is -2.45. The van der Waals surface area contributed by atoms with Gasteiger partial charge in [-0.25, -0.2) is 8.42 Å². The Kier molecular flexibility index (Phi) is 7.68. The molecule has 0 bridgehead atoms. The Morgan fingerprint density at radius 2 is 1.86 bits per heavy atom. The molecule has 3 N–H and O–H groups in total. The first-order chi connectivity index (χ1) is 13.0. The molecule has 2 aromatic carbocycles. The molecule has 0 spiro atoms. The standard InChI is InChI=1S/C19H23N3O4S.ClH/c1-26-15-8-10-16(11-9-15)27(24,25)22-18-7-3-2-6-17(18)19(23)21-14-5-4-12-20-13-14;/h2-3,6-11,14,20,22H,4-5,12-13H2,1H3,(H,21,23);1H. The van der Waals surface area contributed by atoms with Crippen LogP contribution in [-0.2, 0) is 10.0 Å². The van der Waals surface area contributed by atoms with Crippen LogP contribution in [0.4, 0.5) is 5.69 Å². The molecule has 1 fully saturated rings. The maximum atomic E-state index is 12.7. The molecule has 28 heavy (non-hydrogen) atoms. The van der Waals surface area contributed by atoms with Crippen LogP contribution in [0.15, 0.2) is 53.4 Å². The number of piperidine rings is 1. The van der Waals surface area contributed by atoms with E-state index in [1.54, 1.807) is 36.4 Å². The van der Waals surface area contributed by atoms with Crippen molar-refractivity contribution in [1.29, 1.82) is 0 Å². The van der Waals surface area contributed by atoms with Gasteiger partial charge in [0.25, 0.3) is 15.9 Å². The second-order valence-electron chi connectivity index (χ2n) is 6.34. The number of para-hydroxylation sites is 1. The maximum Gasteiger partial charge on any atom is 0.261 e. The van der Waals surface area contributed by atoms with Gasteiger partial charge in [-0.3, -0.25) is 9.52 Å². The minimum atomic E-state index is -3.83. The molecule has 2 aromatic rings. The number of anilines is 1. The summed E-state index contributed by atoms with van der Waals surface area (Å²) in [6.07, 6.45) is 1.90. The van der Waals surface area contributed by atoms with Gasteiger partial charge in [-0.05, 0) is 55.8 Å². The lowest BCUT2D eigenvalue weighted by Gasteiger charge is -2.24. The molecule has 9 heteroatoms. The molecule has 0 aliphatic carbocycles. The number of amides is 1. The number of ether oxygens (including phenoxy) is 1. The van der Waals surface area contributed by atoms with Gasteiger partial charge in [-0.15, -0.1) is 12.4 Å². The minimum Gasteiger partial charge on any atom is -0.497 e. The number of hydrogen-bond donors (Lipinski definition) is 3. The van der Waals surface area contributed by atoms with Crippen LogP contribution in [0.1, 0.15) is 23.2 Å².